The van der Waals surface area contributed by atoms with E-state index in [0.29, 0.717) is 12.1 Å². The van der Waals surface area contributed by atoms with E-state index in [9.17, 15) is 14.4 Å². The normalized spacial score (nSPS) is 16.2. The highest BCUT2D eigenvalue weighted by molar-refractivity contribution is 6.06. The third-order valence-electron chi connectivity index (χ3n) is 4.34. The van der Waals surface area contributed by atoms with Crippen LogP contribution in [0.1, 0.15) is 12.0 Å². The summed E-state index contributed by atoms with van der Waals surface area (Å²) in [6.45, 7) is 0.258. The van der Waals surface area contributed by atoms with E-state index in [0.717, 1.165) is 16.2 Å². The molecule has 3 rings (SSSR count). The Morgan fingerprint density at radius 2 is 1.81 bits per heavy atom. The zero-order chi connectivity index (χ0) is 19.2. The molecule has 0 saturated carbocycles. The molecule has 140 valence electrons. The second kappa shape index (κ2) is 8.35. The van der Waals surface area contributed by atoms with E-state index in [4.69, 9.17) is 4.74 Å². The Bertz CT molecular complexity index is 821. The lowest BCUT2D eigenvalue weighted by atomic mass is 10.1. The van der Waals surface area contributed by atoms with Gasteiger partial charge in [0, 0.05) is 12.2 Å². The standard InChI is InChI=1S/C20H21N3O4/c1-27-16-9-7-14(8-10-16)11-12-23-19(25)17(22-20(23)26)13-18(24)21-15-5-3-2-4-6-15/h2-10,17H,11-13H2,1H3,(H,21,24)(H,22,26)/t17-/m1/s1. The zero-order valence-corrected chi connectivity index (χ0v) is 15.0. The summed E-state index contributed by atoms with van der Waals surface area (Å²) in [5.41, 5.74) is 1.64. The van der Waals surface area contributed by atoms with Gasteiger partial charge in [0.05, 0.1) is 13.5 Å². The fourth-order valence-electron chi connectivity index (χ4n) is 2.88. The lowest BCUT2D eigenvalue weighted by Crippen LogP contribution is -2.34. The molecule has 1 aliphatic heterocycles. The molecule has 4 amide bonds. The first kappa shape index (κ1) is 18.4. The summed E-state index contributed by atoms with van der Waals surface area (Å²) < 4.78 is 5.11. The van der Waals surface area contributed by atoms with E-state index in [1.807, 2.05) is 30.3 Å². The summed E-state index contributed by atoms with van der Waals surface area (Å²) in [5, 5.41) is 5.30. The molecule has 0 aromatic heterocycles. The van der Waals surface area contributed by atoms with Crippen molar-refractivity contribution in [2.24, 2.45) is 0 Å². The molecular formula is C20H21N3O4. The summed E-state index contributed by atoms with van der Waals surface area (Å²) >= 11 is 0. The number of rotatable bonds is 7. The fraction of sp³-hybridized carbons (Fsp3) is 0.250. The highest BCUT2D eigenvalue weighted by atomic mass is 16.5. The molecule has 0 spiro atoms. The van der Waals surface area contributed by atoms with Gasteiger partial charge >= 0.3 is 6.03 Å². The number of para-hydroxylation sites is 1. The molecule has 1 atom stereocenters. The molecule has 7 nitrogen and oxygen atoms in total. The first-order valence-corrected chi connectivity index (χ1v) is 8.66. The van der Waals surface area contributed by atoms with Crippen molar-refractivity contribution in [1.29, 1.82) is 0 Å². The van der Waals surface area contributed by atoms with Crippen LogP contribution in [0.2, 0.25) is 0 Å². The number of urea groups is 1. The van der Waals surface area contributed by atoms with Gasteiger partial charge in [0.25, 0.3) is 5.91 Å². The Balaban J connectivity index is 1.53. The van der Waals surface area contributed by atoms with Crippen LogP contribution in [-0.4, -0.2) is 42.4 Å². The molecule has 0 aliphatic carbocycles. The van der Waals surface area contributed by atoms with Crippen LogP contribution >= 0.6 is 0 Å². The summed E-state index contributed by atoms with van der Waals surface area (Å²) in [6, 6.07) is 15.1. The number of carbonyl (C=O) groups excluding carboxylic acids is 3. The molecule has 2 aromatic carbocycles. The summed E-state index contributed by atoms with van der Waals surface area (Å²) in [7, 11) is 1.59. The number of anilines is 1. The monoisotopic (exact) mass is 367 g/mol. The van der Waals surface area contributed by atoms with Crippen molar-refractivity contribution in [1.82, 2.24) is 10.2 Å². The van der Waals surface area contributed by atoms with Gasteiger partial charge in [-0.1, -0.05) is 30.3 Å². The maximum absolute atomic E-state index is 12.5. The Kier molecular flexibility index (Phi) is 5.71. The predicted molar refractivity (Wildman–Crippen MR) is 100 cm³/mol. The molecule has 0 unspecified atom stereocenters. The minimum Gasteiger partial charge on any atom is -0.497 e. The molecule has 2 N–H and O–H groups in total. The van der Waals surface area contributed by atoms with E-state index in [1.165, 1.54) is 0 Å². The van der Waals surface area contributed by atoms with Crippen LogP contribution in [0, 0.1) is 0 Å². The third-order valence-corrected chi connectivity index (χ3v) is 4.34. The van der Waals surface area contributed by atoms with Crippen LogP contribution in [0.5, 0.6) is 5.75 Å². The van der Waals surface area contributed by atoms with E-state index >= 15 is 0 Å². The first-order valence-electron chi connectivity index (χ1n) is 8.66. The number of imide groups is 1. The van der Waals surface area contributed by atoms with Gasteiger partial charge in [0.1, 0.15) is 11.8 Å². The van der Waals surface area contributed by atoms with Crippen molar-refractivity contribution in [2.45, 2.75) is 18.9 Å². The Hall–Kier alpha value is -3.35. The lowest BCUT2D eigenvalue weighted by Gasteiger charge is -2.13. The van der Waals surface area contributed by atoms with Crippen molar-refractivity contribution < 1.29 is 19.1 Å². The van der Waals surface area contributed by atoms with Gasteiger partial charge in [0.2, 0.25) is 5.91 Å². The summed E-state index contributed by atoms with van der Waals surface area (Å²) in [4.78, 5) is 37.8. The van der Waals surface area contributed by atoms with Crippen LogP contribution in [0.4, 0.5) is 10.5 Å². The predicted octanol–water partition coefficient (Wildman–Crippen LogP) is 2.19. The molecule has 1 aliphatic rings. The first-order chi connectivity index (χ1) is 13.1. The molecule has 7 heteroatoms. The van der Waals surface area contributed by atoms with Gasteiger partial charge in [-0.3, -0.25) is 14.5 Å². The Morgan fingerprint density at radius 3 is 2.48 bits per heavy atom. The van der Waals surface area contributed by atoms with E-state index in [2.05, 4.69) is 10.6 Å². The van der Waals surface area contributed by atoms with Crippen LogP contribution < -0.4 is 15.4 Å². The number of nitrogens with one attached hydrogen (secondary N) is 2. The van der Waals surface area contributed by atoms with E-state index in [1.54, 1.807) is 31.4 Å². The Labute approximate surface area is 157 Å². The van der Waals surface area contributed by atoms with Crippen molar-refractivity contribution in [2.75, 3.05) is 19.0 Å². The molecule has 2 aromatic rings. The minimum absolute atomic E-state index is 0.0987. The number of ether oxygens (including phenoxy) is 1. The molecule has 0 radical (unpaired) electrons. The smallest absolute Gasteiger partial charge is 0.324 e. The summed E-state index contributed by atoms with van der Waals surface area (Å²) in [6.07, 6.45) is 0.435. The molecule has 1 heterocycles. The number of hydrogen-bond donors (Lipinski definition) is 2. The van der Waals surface area contributed by atoms with Gasteiger partial charge in [-0.2, -0.15) is 0 Å². The molecule has 1 fully saturated rings. The summed E-state index contributed by atoms with van der Waals surface area (Å²) in [5.74, 6) is 0.0480. The second-order valence-corrected chi connectivity index (χ2v) is 6.21. The maximum Gasteiger partial charge on any atom is 0.324 e. The van der Waals surface area contributed by atoms with Gasteiger partial charge in [-0.25, -0.2) is 4.79 Å². The van der Waals surface area contributed by atoms with Gasteiger partial charge in [-0.05, 0) is 36.2 Å². The number of amides is 4. The lowest BCUT2D eigenvalue weighted by molar-refractivity contribution is -0.129. The van der Waals surface area contributed by atoms with Crippen LogP contribution in [-0.2, 0) is 16.0 Å². The quantitative estimate of drug-likeness (QED) is 0.735. The molecule has 1 saturated heterocycles. The maximum atomic E-state index is 12.5. The van der Waals surface area contributed by atoms with Gasteiger partial charge in [-0.15, -0.1) is 0 Å². The molecule has 0 bridgehead atoms. The zero-order valence-electron chi connectivity index (χ0n) is 15.0. The number of nitrogens with zero attached hydrogens (tertiary/aromatic N) is 1. The minimum atomic E-state index is -0.836. The van der Waals surface area contributed by atoms with Crippen LogP contribution in [0.3, 0.4) is 0 Å². The van der Waals surface area contributed by atoms with Crippen molar-refractivity contribution >= 4 is 23.5 Å². The second-order valence-electron chi connectivity index (χ2n) is 6.21. The average molecular weight is 367 g/mol. The highest BCUT2D eigenvalue weighted by Crippen LogP contribution is 2.15. The van der Waals surface area contributed by atoms with E-state index < -0.39 is 12.1 Å². The highest BCUT2D eigenvalue weighted by Gasteiger charge is 2.38. The SMILES string of the molecule is COc1ccc(CCN2C(=O)N[C@H](CC(=O)Nc3ccccc3)C2=O)cc1. The van der Waals surface area contributed by atoms with Crippen LogP contribution in [0.25, 0.3) is 0 Å². The number of carbonyl (C=O) groups is 3. The fourth-order valence-corrected chi connectivity index (χ4v) is 2.88. The largest absolute Gasteiger partial charge is 0.497 e. The molecular weight excluding hydrogens is 346 g/mol. The van der Waals surface area contributed by atoms with Gasteiger partial charge < -0.3 is 15.4 Å². The average Bonchev–Trinajstić information content (AvgIpc) is 2.94. The number of benzene rings is 2. The van der Waals surface area contributed by atoms with Crippen molar-refractivity contribution in [3.63, 3.8) is 0 Å². The van der Waals surface area contributed by atoms with Gasteiger partial charge in [0.15, 0.2) is 0 Å². The Morgan fingerprint density at radius 1 is 1.11 bits per heavy atom. The van der Waals surface area contributed by atoms with Crippen LogP contribution in [0.15, 0.2) is 54.6 Å². The number of hydrogen-bond acceptors (Lipinski definition) is 4. The third kappa shape index (κ3) is 4.63. The number of methoxy groups -OCH3 is 1. The van der Waals surface area contributed by atoms with Crippen molar-refractivity contribution in [3.05, 3.63) is 60.2 Å². The van der Waals surface area contributed by atoms with E-state index in [-0.39, 0.29) is 24.8 Å². The topological polar surface area (TPSA) is 87.7 Å². The molecule has 27 heavy (non-hydrogen) atoms. The van der Waals surface area contributed by atoms with Crippen molar-refractivity contribution in [3.8, 4) is 5.75 Å².